The Bertz CT molecular complexity index is 770. The van der Waals surface area contributed by atoms with Gasteiger partial charge in [-0.2, -0.15) is 0 Å². The van der Waals surface area contributed by atoms with Crippen LogP contribution in [0.25, 0.3) is 0 Å². The number of benzene rings is 2. The van der Waals surface area contributed by atoms with E-state index >= 15 is 0 Å². The maximum atomic E-state index is 14.8. The number of aliphatic hydroxyl groups is 2. The molecule has 0 bridgehead atoms. The Labute approximate surface area is 160 Å². The molecule has 0 aromatic heterocycles. The van der Waals surface area contributed by atoms with Crippen LogP contribution in [0, 0.1) is 5.82 Å². The van der Waals surface area contributed by atoms with E-state index in [2.05, 4.69) is 31.2 Å². The second-order valence-corrected chi connectivity index (χ2v) is 7.97. The Kier molecular flexibility index (Phi) is 5.99. The molecule has 0 radical (unpaired) electrons. The van der Waals surface area contributed by atoms with E-state index in [9.17, 15) is 14.6 Å². The second-order valence-electron chi connectivity index (χ2n) is 7.97. The summed E-state index contributed by atoms with van der Waals surface area (Å²) < 4.78 is 20.7. The molecule has 27 heavy (non-hydrogen) atoms. The molecule has 2 aromatic rings. The van der Waals surface area contributed by atoms with Crippen molar-refractivity contribution in [1.82, 2.24) is 0 Å². The van der Waals surface area contributed by atoms with Crippen LogP contribution in [0.3, 0.4) is 0 Å². The Balaban J connectivity index is 1.94. The largest absolute Gasteiger partial charge is 0.394 e. The number of hydrogen-bond donors (Lipinski definition) is 2. The fraction of sp³-hybridized carbons (Fsp3) is 0.478. The van der Waals surface area contributed by atoms with Crippen molar-refractivity contribution >= 4 is 0 Å². The summed E-state index contributed by atoms with van der Waals surface area (Å²) in [5.74, 6) is -0.251. The number of halogens is 1. The maximum absolute atomic E-state index is 14.8. The molecular weight excluding hydrogens is 343 g/mol. The van der Waals surface area contributed by atoms with E-state index < -0.39 is 11.5 Å². The van der Waals surface area contributed by atoms with Crippen molar-refractivity contribution in [2.24, 2.45) is 0 Å². The fourth-order valence-corrected chi connectivity index (χ4v) is 3.86. The first-order valence-corrected chi connectivity index (χ1v) is 9.68. The summed E-state index contributed by atoms with van der Waals surface area (Å²) in [6, 6.07) is 13.3. The predicted molar refractivity (Wildman–Crippen MR) is 104 cm³/mol. The van der Waals surface area contributed by atoms with Crippen LogP contribution in [0.15, 0.2) is 42.5 Å². The molecule has 3 rings (SSSR count). The van der Waals surface area contributed by atoms with Crippen molar-refractivity contribution in [3.63, 3.8) is 0 Å². The highest BCUT2D eigenvalue weighted by atomic mass is 19.1. The molecule has 0 saturated carbocycles. The molecule has 4 heteroatoms. The molecule has 1 fully saturated rings. The number of rotatable bonds is 5. The monoisotopic (exact) mass is 372 g/mol. The van der Waals surface area contributed by atoms with E-state index in [4.69, 9.17) is 4.74 Å². The number of hydrogen-bond acceptors (Lipinski definition) is 3. The zero-order chi connectivity index (χ0) is 19.6. The molecule has 1 aliphatic rings. The van der Waals surface area contributed by atoms with E-state index in [0.29, 0.717) is 18.4 Å². The van der Waals surface area contributed by atoms with Crippen LogP contribution in [0.4, 0.5) is 4.39 Å². The molecule has 0 aliphatic carbocycles. The first-order chi connectivity index (χ1) is 12.8. The third-order valence-corrected chi connectivity index (χ3v) is 5.70. The zero-order valence-electron chi connectivity index (χ0n) is 16.3. The normalized spacial score (nSPS) is 23.4. The van der Waals surface area contributed by atoms with Gasteiger partial charge in [0.15, 0.2) is 0 Å². The van der Waals surface area contributed by atoms with Crippen LogP contribution < -0.4 is 0 Å². The molecule has 0 amide bonds. The molecule has 2 N–H and O–H groups in total. The van der Waals surface area contributed by atoms with Gasteiger partial charge in [0.1, 0.15) is 5.82 Å². The summed E-state index contributed by atoms with van der Waals surface area (Å²) in [4.78, 5) is 0. The van der Waals surface area contributed by atoms with Crippen LogP contribution in [-0.4, -0.2) is 29.0 Å². The van der Waals surface area contributed by atoms with Gasteiger partial charge in [0, 0.05) is 18.3 Å². The van der Waals surface area contributed by atoms with E-state index in [1.54, 1.807) is 6.07 Å². The number of aryl methyl sites for hydroxylation is 1. The van der Waals surface area contributed by atoms with Crippen LogP contribution in [0.1, 0.15) is 62.0 Å². The van der Waals surface area contributed by atoms with Gasteiger partial charge in [0.2, 0.25) is 0 Å². The lowest BCUT2D eigenvalue weighted by Gasteiger charge is -2.34. The molecule has 146 valence electrons. The first-order valence-electron chi connectivity index (χ1n) is 9.68. The summed E-state index contributed by atoms with van der Waals surface area (Å²) in [5, 5.41) is 19.5. The smallest absolute Gasteiger partial charge is 0.127 e. The summed E-state index contributed by atoms with van der Waals surface area (Å²) in [6.07, 6.45) is 0.593. The van der Waals surface area contributed by atoms with E-state index in [1.165, 1.54) is 11.6 Å². The Morgan fingerprint density at radius 1 is 1.11 bits per heavy atom. The maximum Gasteiger partial charge on any atom is 0.127 e. The van der Waals surface area contributed by atoms with Gasteiger partial charge in [0.25, 0.3) is 0 Å². The average Bonchev–Trinajstić information content (AvgIpc) is 2.67. The van der Waals surface area contributed by atoms with Crippen molar-refractivity contribution in [3.8, 4) is 0 Å². The van der Waals surface area contributed by atoms with Gasteiger partial charge in [-0.3, -0.25) is 0 Å². The van der Waals surface area contributed by atoms with Gasteiger partial charge in [-0.25, -0.2) is 4.39 Å². The minimum Gasteiger partial charge on any atom is -0.394 e. The standard InChI is InChI=1S/C23H29FO3/c1-4-15-5-8-17(9-6-15)23(2,3)20-11-16(7-10-21(20)24)22-13-18(26)12-19(14-25)27-22/h5-11,18-19,22,25-26H,4,12-14H2,1-3H3. The number of ether oxygens (including phenoxy) is 1. The molecule has 0 spiro atoms. The molecule has 1 saturated heterocycles. The van der Waals surface area contributed by atoms with Gasteiger partial charge in [-0.15, -0.1) is 0 Å². The molecule has 3 unspecified atom stereocenters. The molecule has 3 nitrogen and oxygen atoms in total. The van der Waals surface area contributed by atoms with Crippen LogP contribution >= 0.6 is 0 Å². The third-order valence-electron chi connectivity index (χ3n) is 5.70. The third kappa shape index (κ3) is 4.23. The quantitative estimate of drug-likeness (QED) is 0.823. The summed E-state index contributed by atoms with van der Waals surface area (Å²) in [5.41, 5.74) is 3.24. The van der Waals surface area contributed by atoms with Crippen molar-refractivity contribution in [2.45, 2.75) is 63.8 Å². The highest BCUT2D eigenvalue weighted by molar-refractivity contribution is 5.41. The van der Waals surface area contributed by atoms with Crippen molar-refractivity contribution in [3.05, 3.63) is 70.5 Å². The lowest BCUT2D eigenvalue weighted by molar-refractivity contribution is -0.113. The molecule has 1 aliphatic heterocycles. The predicted octanol–water partition coefficient (Wildman–Crippen LogP) is 4.29. The summed E-state index contributed by atoms with van der Waals surface area (Å²) in [6.45, 7) is 6.02. The number of aliphatic hydroxyl groups excluding tert-OH is 2. The van der Waals surface area contributed by atoms with E-state index in [0.717, 1.165) is 17.5 Å². The molecular formula is C23H29FO3. The average molecular weight is 372 g/mol. The summed E-state index contributed by atoms with van der Waals surface area (Å²) in [7, 11) is 0. The molecule has 2 aromatic carbocycles. The van der Waals surface area contributed by atoms with Crippen LogP contribution in [0.2, 0.25) is 0 Å². The molecule has 3 atom stereocenters. The molecule has 1 heterocycles. The minimum absolute atomic E-state index is 0.128. The van der Waals surface area contributed by atoms with Gasteiger partial charge >= 0.3 is 0 Å². The Morgan fingerprint density at radius 2 is 1.81 bits per heavy atom. The lowest BCUT2D eigenvalue weighted by atomic mass is 9.76. The van der Waals surface area contributed by atoms with Gasteiger partial charge in [-0.05, 0) is 40.8 Å². The first kappa shape index (κ1) is 20.0. The minimum atomic E-state index is -0.524. The van der Waals surface area contributed by atoms with Gasteiger partial charge in [-0.1, -0.05) is 51.1 Å². The highest BCUT2D eigenvalue weighted by Gasteiger charge is 2.32. The lowest BCUT2D eigenvalue weighted by Crippen LogP contribution is -2.33. The van der Waals surface area contributed by atoms with E-state index in [1.807, 2.05) is 19.9 Å². The zero-order valence-corrected chi connectivity index (χ0v) is 16.3. The SMILES string of the molecule is CCc1ccc(C(C)(C)c2cc(C3CC(O)CC(CO)O3)ccc2F)cc1. The van der Waals surface area contributed by atoms with Crippen molar-refractivity contribution in [2.75, 3.05) is 6.61 Å². The summed E-state index contributed by atoms with van der Waals surface area (Å²) >= 11 is 0. The Hall–Kier alpha value is -1.75. The van der Waals surface area contributed by atoms with Gasteiger partial charge in [0.05, 0.1) is 24.9 Å². The Morgan fingerprint density at radius 3 is 2.44 bits per heavy atom. The fourth-order valence-electron chi connectivity index (χ4n) is 3.86. The van der Waals surface area contributed by atoms with Crippen molar-refractivity contribution < 1.29 is 19.3 Å². The van der Waals surface area contributed by atoms with Crippen LogP contribution in [-0.2, 0) is 16.6 Å². The van der Waals surface area contributed by atoms with Crippen molar-refractivity contribution in [1.29, 1.82) is 0 Å². The highest BCUT2D eigenvalue weighted by Crippen LogP contribution is 2.37. The van der Waals surface area contributed by atoms with Crippen LogP contribution in [0.5, 0.6) is 0 Å². The second kappa shape index (κ2) is 8.09. The van der Waals surface area contributed by atoms with Gasteiger partial charge < -0.3 is 14.9 Å². The van der Waals surface area contributed by atoms with E-state index in [-0.39, 0.29) is 24.6 Å². The topological polar surface area (TPSA) is 49.7 Å².